The highest BCUT2D eigenvalue weighted by atomic mass is 16.5. The van der Waals surface area contributed by atoms with Gasteiger partial charge in [0, 0.05) is 44.1 Å². The van der Waals surface area contributed by atoms with Crippen molar-refractivity contribution < 1.29 is 4.74 Å². The van der Waals surface area contributed by atoms with E-state index in [1.165, 1.54) is 86.3 Å². The molecule has 0 aliphatic carbocycles. The van der Waals surface area contributed by atoms with E-state index in [-0.39, 0.29) is 0 Å². The van der Waals surface area contributed by atoms with Gasteiger partial charge in [-0.15, -0.1) is 0 Å². The van der Waals surface area contributed by atoms with Gasteiger partial charge < -0.3 is 14.5 Å². The highest BCUT2D eigenvalue weighted by Gasteiger charge is 2.14. The van der Waals surface area contributed by atoms with Crippen LogP contribution in [-0.4, -0.2) is 38.2 Å². The third-order valence-corrected chi connectivity index (χ3v) is 7.44. The predicted octanol–water partition coefficient (Wildman–Crippen LogP) is 6.49. The first kappa shape index (κ1) is 23.7. The van der Waals surface area contributed by atoms with Crippen molar-refractivity contribution in [3.63, 3.8) is 0 Å². The number of benzene rings is 3. The second kappa shape index (κ2) is 11.6. The highest BCUT2D eigenvalue weighted by molar-refractivity contribution is 5.52. The van der Waals surface area contributed by atoms with Crippen molar-refractivity contribution in [2.75, 3.05) is 43.1 Å². The van der Waals surface area contributed by atoms with Crippen molar-refractivity contribution in [2.45, 2.75) is 51.7 Å². The molecule has 3 aromatic carbocycles. The van der Waals surface area contributed by atoms with Gasteiger partial charge in [0.05, 0.1) is 7.11 Å². The average Bonchev–Trinajstić information content (AvgIpc) is 3.45. The van der Waals surface area contributed by atoms with E-state index in [0.717, 1.165) is 25.4 Å². The van der Waals surface area contributed by atoms with E-state index in [9.17, 15) is 0 Å². The number of anilines is 2. The van der Waals surface area contributed by atoms with E-state index in [1.54, 1.807) is 7.11 Å². The maximum atomic E-state index is 5.48. The zero-order valence-electron chi connectivity index (χ0n) is 21.2. The van der Waals surface area contributed by atoms with E-state index in [2.05, 4.69) is 81.4 Å². The van der Waals surface area contributed by atoms with Gasteiger partial charge in [0.2, 0.25) is 0 Å². The Morgan fingerprint density at radius 2 is 1.34 bits per heavy atom. The third kappa shape index (κ3) is 6.37. The number of ether oxygens (including phenoxy) is 1. The molecule has 4 heteroatoms. The maximum Gasteiger partial charge on any atom is 0.119 e. The van der Waals surface area contributed by atoms with Crippen LogP contribution < -0.4 is 14.5 Å². The highest BCUT2D eigenvalue weighted by Crippen LogP contribution is 2.25. The van der Waals surface area contributed by atoms with E-state index in [0.29, 0.717) is 0 Å². The van der Waals surface area contributed by atoms with E-state index < -0.39 is 0 Å². The van der Waals surface area contributed by atoms with Crippen molar-refractivity contribution >= 4 is 11.4 Å². The van der Waals surface area contributed by atoms with E-state index >= 15 is 0 Å². The summed E-state index contributed by atoms with van der Waals surface area (Å²) in [6, 6.07) is 26.9. The van der Waals surface area contributed by atoms with Gasteiger partial charge in [-0.3, -0.25) is 4.90 Å². The molecule has 2 aliphatic heterocycles. The van der Waals surface area contributed by atoms with Crippen LogP contribution in [0.5, 0.6) is 5.75 Å². The number of methoxy groups -OCH3 is 1. The van der Waals surface area contributed by atoms with E-state index in [4.69, 9.17) is 4.74 Å². The fourth-order valence-corrected chi connectivity index (χ4v) is 5.43. The summed E-state index contributed by atoms with van der Waals surface area (Å²) in [6.07, 6.45) is 6.67. The molecule has 0 unspecified atom stereocenters. The molecule has 0 amide bonds. The Labute approximate surface area is 211 Å². The Balaban J connectivity index is 1.33. The number of nitrogens with zero attached hydrogens (tertiary/aromatic N) is 3. The molecule has 184 valence electrons. The van der Waals surface area contributed by atoms with Crippen LogP contribution in [0.15, 0.2) is 72.8 Å². The second-order valence-electron chi connectivity index (χ2n) is 10.1. The van der Waals surface area contributed by atoms with Gasteiger partial charge in [0.25, 0.3) is 0 Å². The quantitative estimate of drug-likeness (QED) is 0.357. The largest absolute Gasteiger partial charge is 0.497 e. The normalized spacial score (nSPS) is 16.4. The van der Waals surface area contributed by atoms with Gasteiger partial charge in [-0.1, -0.05) is 42.8 Å². The lowest BCUT2D eigenvalue weighted by molar-refractivity contribution is 0.221. The topological polar surface area (TPSA) is 19.0 Å². The summed E-state index contributed by atoms with van der Waals surface area (Å²) in [6.45, 7) is 7.62. The van der Waals surface area contributed by atoms with Gasteiger partial charge in [-0.2, -0.15) is 0 Å². The zero-order chi connectivity index (χ0) is 23.9. The summed E-state index contributed by atoms with van der Waals surface area (Å²) in [5, 5.41) is 0. The molecular weight excluding hydrogens is 430 g/mol. The molecule has 3 aromatic rings. The van der Waals surface area contributed by atoms with Gasteiger partial charge in [-0.05, 0) is 91.9 Å². The average molecular weight is 470 g/mol. The van der Waals surface area contributed by atoms with Gasteiger partial charge >= 0.3 is 0 Å². The van der Waals surface area contributed by atoms with Crippen molar-refractivity contribution in [1.82, 2.24) is 4.90 Å². The molecule has 0 bridgehead atoms. The summed E-state index contributed by atoms with van der Waals surface area (Å²) in [7, 11) is 1.74. The summed E-state index contributed by atoms with van der Waals surface area (Å²) in [5.41, 5.74) is 6.63. The smallest absolute Gasteiger partial charge is 0.119 e. The van der Waals surface area contributed by atoms with Crippen LogP contribution in [-0.2, 0) is 19.6 Å². The molecule has 4 nitrogen and oxygen atoms in total. The van der Waals surface area contributed by atoms with Crippen LogP contribution in [0.25, 0.3) is 0 Å². The van der Waals surface area contributed by atoms with Gasteiger partial charge in [0.1, 0.15) is 5.75 Å². The van der Waals surface area contributed by atoms with E-state index in [1.807, 2.05) is 6.07 Å². The van der Waals surface area contributed by atoms with Crippen LogP contribution in [0.1, 0.15) is 48.8 Å². The van der Waals surface area contributed by atoms with Crippen LogP contribution in [0.2, 0.25) is 0 Å². The molecule has 0 atom stereocenters. The monoisotopic (exact) mass is 469 g/mol. The van der Waals surface area contributed by atoms with Crippen molar-refractivity contribution in [3.05, 3.63) is 89.5 Å². The fourth-order valence-electron chi connectivity index (χ4n) is 5.43. The van der Waals surface area contributed by atoms with Gasteiger partial charge in [-0.25, -0.2) is 0 Å². The first-order valence-corrected chi connectivity index (χ1v) is 13.3. The van der Waals surface area contributed by atoms with Crippen LogP contribution >= 0.6 is 0 Å². The van der Waals surface area contributed by atoms with Crippen molar-refractivity contribution in [2.24, 2.45) is 0 Å². The Kier molecular flexibility index (Phi) is 7.89. The standard InChI is InChI=1S/C31H39N3O/c1-35-31-9-7-8-28(22-31)25-34(24-27-12-14-29(15-13-27)33-20-5-6-21-33)30-16-10-26(11-17-30)23-32-18-3-2-4-19-32/h7-17,22H,2-6,18-21,23-25H2,1H3. The second-order valence-corrected chi connectivity index (χ2v) is 10.1. The molecule has 0 saturated carbocycles. The summed E-state index contributed by atoms with van der Waals surface area (Å²) >= 11 is 0. The van der Waals surface area contributed by atoms with Gasteiger partial charge in [0.15, 0.2) is 0 Å². The summed E-state index contributed by atoms with van der Waals surface area (Å²) < 4.78 is 5.48. The lowest BCUT2D eigenvalue weighted by atomic mass is 10.1. The number of piperidine rings is 1. The number of likely N-dealkylation sites (tertiary alicyclic amines) is 1. The molecule has 5 rings (SSSR count). The molecule has 0 N–H and O–H groups in total. The molecule has 0 spiro atoms. The Morgan fingerprint density at radius 1 is 0.686 bits per heavy atom. The Bertz CT molecular complexity index is 1050. The molecule has 35 heavy (non-hydrogen) atoms. The van der Waals surface area contributed by atoms with Crippen molar-refractivity contribution in [3.8, 4) is 5.75 Å². The minimum absolute atomic E-state index is 0.844. The number of rotatable bonds is 9. The number of hydrogen-bond donors (Lipinski definition) is 0. The minimum Gasteiger partial charge on any atom is -0.497 e. The SMILES string of the molecule is COc1cccc(CN(Cc2ccc(N3CCCC3)cc2)c2ccc(CN3CCCCC3)cc2)c1. The first-order valence-electron chi connectivity index (χ1n) is 13.3. The Morgan fingerprint density at radius 3 is 2.06 bits per heavy atom. The maximum absolute atomic E-state index is 5.48. The van der Waals surface area contributed by atoms with Crippen LogP contribution in [0.4, 0.5) is 11.4 Å². The molecule has 2 heterocycles. The van der Waals surface area contributed by atoms with Crippen LogP contribution in [0, 0.1) is 0 Å². The van der Waals surface area contributed by atoms with Crippen LogP contribution in [0.3, 0.4) is 0 Å². The Hall–Kier alpha value is -2.98. The predicted molar refractivity (Wildman–Crippen MR) is 146 cm³/mol. The van der Waals surface area contributed by atoms with Crippen molar-refractivity contribution in [1.29, 1.82) is 0 Å². The zero-order valence-corrected chi connectivity index (χ0v) is 21.2. The summed E-state index contributed by atoms with van der Waals surface area (Å²) in [5.74, 6) is 0.911. The lowest BCUT2D eigenvalue weighted by Crippen LogP contribution is -2.29. The number of hydrogen-bond acceptors (Lipinski definition) is 4. The molecule has 2 fully saturated rings. The molecule has 0 aromatic heterocycles. The fraction of sp³-hybridized carbons (Fsp3) is 0.419. The molecular formula is C31H39N3O. The summed E-state index contributed by atoms with van der Waals surface area (Å²) in [4.78, 5) is 7.57. The minimum atomic E-state index is 0.844. The molecule has 2 aliphatic rings. The molecule has 2 saturated heterocycles. The first-order chi connectivity index (χ1) is 17.3. The lowest BCUT2D eigenvalue weighted by Gasteiger charge is -2.28. The third-order valence-electron chi connectivity index (χ3n) is 7.44. The molecule has 0 radical (unpaired) electrons.